The van der Waals surface area contributed by atoms with Crippen molar-refractivity contribution in [3.63, 3.8) is 0 Å². The fourth-order valence-electron chi connectivity index (χ4n) is 1.96. The predicted molar refractivity (Wildman–Crippen MR) is 80.6 cm³/mol. The molecule has 1 aromatic rings. The topological polar surface area (TPSA) is 32.3 Å². The summed E-state index contributed by atoms with van der Waals surface area (Å²) in [5, 5.41) is 13.3. The molecule has 0 aliphatic carbocycles. The van der Waals surface area contributed by atoms with Crippen LogP contribution in [0.4, 0.5) is 0 Å². The highest BCUT2D eigenvalue weighted by atomic mass is 79.9. The minimum Gasteiger partial charge on any atom is -0.392 e. The van der Waals surface area contributed by atoms with Gasteiger partial charge < -0.3 is 10.4 Å². The van der Waals surface area contributed by atoms with Gasteiger partial charge in [-0.05, 0) is 36.5 Å². The lowest BCUT2D eigenvalue weighted by Gasteiger charge is -2.24. The normalized spacial score (nSPS) is 15.4. The SMILES string of the molecule is CC(NCC(O)CC(C)(C)C)c1ccc(Br)cc1. The van der Waals surface area contributed by atoms with Crippen molar-refractivity contribution < 1.29 is 5.11 Å². The Morgan fingerprint density at radius 2 is 1.78 bits per heavy atom. The third-order valence-electron chi connectivity index (χ3n) is 2.88. The maximum absolute atomic E-state index is 9.95. The van der Waals surface area contributed by atoms with Gasteiger partial charge in [0.15, 0.2) is 0 Å². The number of aliphatic hydroxyl groups is 1. The molecule has 0 saturated carbocycles. The monoisotopic (exact) mass is 313 g/mol. The molecule has 102 valence electrons. The van der Waals surface area contributed by atoms with Crippen molar-refractivity contribution >= 4 is 15.9 Å². The van der Waals surface area contributed by atoms with E-state index in [1.165, 1.54) is 5.56 Å². The van der Waals surface area contributed by atoms with E-state index < -0.39 is 0 Å². The van der Waals surface area contributed by atoms with Crippen LogP contribution in [0, 0.1) is 5.41 Å². The first-order chi connectivity index (χ1) is 8.28. The second kappa shape index (κ2) is 6.69. The van der Waals surface area contributed by atoms with Crippen LogP contribution in [0.2, 0.25) is 0 Å². The quantitative estimate of drug-likeness (QED) is 0.864. The third-order valence-corrected chi connectivity index (χ3v) is 3.41. The minimum atomic E-state index is -0.289. The Labute approximate surface area is 119 Å². The first kappa shape index (κ1) is 15.7. The Kier molecular flexibility index (Phi) is 5.83. The molecule has 0 amide bonds. The average molecular weight is 314 g/mol. The molecule has 2 atom stereocenters. The van der Waals surface area contributed by atoms with E-state index in [4.69, 9.17) is 0 Å². The first-order valence-electron chi connectivity index (χ1n) is 6.45. The van der Waals surface area contributed by atoms with E-state index in [0.717, 1.165) is 10.9 Å². The highest BCUT2D eigenvalue weighted by molar-refractivity contribution is 9.10. The molecule has 2 N–H and O–H groups in total. The van der Waals surface area contributed by atoms with Crippen LogP contribution in [-0.2, 0) is 0 Å². The summed E-state index contributed by atoms with van der Waals surface area (Å²) in [5.41, 5.74) is 1.41. The van der Waals surface area contributed by atoms with Crippen molar-refractivity contribution in [1.29, 1.82) is 0 Å². The molecule has 0 radical (unpaired) electrons. The van der Waals surface area contributed by atoms with Crippen LogP contribution in [0.15, 0.2) is 28.7 Å². The lowest BCUT2D eigenvalue weighted by atomic mass is 9.89. The van der Waals surface area contributed by atoms with Crippen LogP contribution in [0.3, 0.4) is 0 Å². The molecule has 0 fully saturated rings. The lowest BCUT2D eigenvalue weighted by Crippen LogP contribution is -2.31. The van der Waals surface area contributed by atoms with Crippen LogP contribution in [0.1, 0.15) is 45.7 Å². The molecular formula is C15H24BrNO. The number of benzene rings is 1. The van der Waals surface area contributed by atoms with Crippen LogP contribution in [0.5, 0.6) is 0 Å². The highest BCUT2D eigenvalue weighted by Crippen LogP contribution is 2.21. The van der Waals surface area contributed by atoms with E-state index in [1.54, 1.807) is 0 Å². The molecule has 3 heteroatoms. The van der Waals surface area contributed by atoms with Gasteiger partial charge in [-0.3, -0.25) is 0 Å². The molecule has 2 unspecified atom stereocenters. The summed E-state index contributed by atoms with van der Waals surface area (Å²) in [6.45, 7) is 9.19. The summed E-state index contributed by atoms with van der Waals surface area (Å²) in [4.78, 5) is 0. The van der Waals surface area contributed by atoms with E-state index in [-0.39, 0.29) is 17.6 Å². The number of hydrogen-bond donors (Lipinski definition) is 2. The minimum absolute atomic E-state index is 0.169. The standard InChI is InChI=1S/C15H24BrNO/c1-11(12-5-7-13(16)8-6-12)17-10-14(18)9-15(2,3)4/h5-8,11,14,17-18H,9-10H2,1-4H3. The molecular weight excluding hydrogens is 290 g/mol. The summed E-state index contributed by atoms with van der Waals surface area (Å²) in [6, 6.07) is 8.53. The molecule has 0 saturated heterocycles. The predicted octanol–water partition coefficient (Wildman–Crippen LogP) is 3.90. The maximum Gasteiger partial charge on any atom is 0.0669 e. The Balaban J connectivity index is 2.41. The van der Waals surface area contributed by atoms with Crippen LogP contribution in [0.25, 0.3) is 0 Å². The van der Waals surface area contributed by atoms with E-state index >= 15 is 0 Å². The number of rotatable bonds is 5. The van der Waals surface area contributed by atoms with Gasteiger partial charge in [-0.25, -0.2) is 0 Å². The summed E-state index contributed by atoms with van der Waals surface area (Å²) < 4.78 is 1.09. The zero-order valence-corrected chi connectivity index (χ0v) is 13.3. The lowest BCUT2D eigenvalue weighted by molar-refractivity contribution is 0.117. The van der Waals surface area contributed by atoms with Gasteiger partial charge in [0, 0.05) is 17.1 Å². The van der Waals surface area contributed by atoms with Crippen molar-refractivity contribution in [2.75, 3.05) is 6.54 Å². The molecule has 1 rings (SSSR count). The fraction of sp³-hybridized carbons (Fsp3) is 0.600. The Bertz CT molecular complexity index is 356. The van der Waals surface area contributed by atoms with Crippen LogP contribution >= 0.6 is 15.9 Å². The van der Waals surface area contributed by atoms with Crippen LogP contribution in [-0.4, -0.2) is 17.8 Å². The summed E-state index contributed by atoms with van der Waals surface area (Å²) >= 11 is 3.43. The van der Waals surface area contributed by atoms with Gasteiger partial charge in [-0.2, -0.15) is 0 Å². The molecule has 0 aromatic heterocycles. The van der Waals surface area contributed by atoms with Gasteiger partial charge in [0.25, 0.3) is 0 Å². The van der Waals surface area contributed by atoms with E-state index in [1.807, 2.05) is 12.1 Å². The van der Waals surface area contributed by atoms with Gasteiger partial charge >= 0.3 is 0 Å². The molecule has 18 heavy (non-hydrogen) atoms. The van der Waals surface area contributed by atoms with Gasteiger partial charge in [0.2, 0.25) is 0 Å². The number of halogens is 1. The molecule has 0 aliphatic heterocycles. The van der Waals surface area contributed by atoms with Crippen molar-refractivity contribution in [1.82, 2.24) is 5.32 Å². The zero-order chi connectivity index (χ0) is 13.8. The molecule has 0 heterocycles. The molecule has 1 aromatic carbocycles. The second-order valence-electron chi connectivity index (χ2n) is 6.10. The van der Waals surface area contributed by atoms with Gasteiger partial charge in [-0.1, -0.05) is 48.8 Å². The molecule has 0 spiro atoms. The Morgan fingerprint density at radius 3 is 2.28 bits per heavy atom. The second-order valence-corrected chi connectivity index (χ2v) is 7.02. The molecule has 0 bridgehead atoms. The van der Waals surface area contributed by atoms with Crippen molar-refractivity contribution in [3.05, 3.63) is 34.3 Å². The van der Waals surface area contributed by atoms with Gasteiger partial charge in [0.1, 0.15) is 0 Å². The third kappa shape index (κ3) is 5.98. The fourth-order valence-corrected chi connectivity index (χ4v) is 2.23. The molecule has 2 nitrogen and oxygen atoms in total. The van der Waals surface area contributed by atoms with E-state index in [0.29, 0.717) is 6.54 Å². The van der Waals surface area contributed by atoms with Crippen LogP contribution < -0.4 is 5.32 Å². The largest absolute Gasteiger partial charge is 0.392 e. The van der Waals surface area contributed by atoms with Crippen molar-refractivity contribution in [3.8, 4) is 0 Å². The van der Waals surface area contributed by atoms with Gasteiger partial charge in [0.05, 0.1) is 6.10 Å². The summed E-state index contributed by atoms with van der Waals surface area (Å²) in [5.74, 6) is 0. The number of nitrogens with one attached hydrogen (secondary N) is 1. The first-order valence-corrected chi connectivity index (χ1v) is 7.24. The van der Waals surface area contributed by atoms with Crippen molar-refractivity contribution in [2.45, 2.75) is 46.3 Å². The number of hydrogen-bond acceptors (Lipinski definition) is 2. The van der Waals surface area contributed by atoms with E-state index in [2.05, 4.69) is 61.1 Å². The summed E-state index contributed by atoms with van der Waals surface area (Å²) in [6.07, 6.45) is 0.524. The summed E-state index contributed by atoms with van der Waals surface area (Å²) in [7, 11) is 0. The Hall–Kier alpha value is -0.380. The number of aliphatic hydroxyl groups excluding tert-OH is 1. The van der Waals surface area contributed by atoms with Gasteiger partial charge in [-0.15, -0.1) is 0 Å². The highest BCUT2D eigenvalue weighted by Gasteiger charge is 2.17. The maximum atomic E-state index is 9.95. The Morgan fingerprint density at radius 1 is 1.22 bits per heavy atom. The average Bonchev–Trinajstić information content (AvgIpc) is 2.24. The van der Waals surface area contributed by atoms with E-state index in [9.17, 15) is 5.11 Å². The van der Waals surface area contributed by atoms with Crippen molar-refractivity contribution in [2.24, 2.45) is 5.41 Å². The zero-order valence-electron chi connectivity index (χ0n) is 11.7. The molecule has 0 aliphatic rings. The smallest absolute Gasteiger partial charge is 0.0669 e.